The molecule has 0 aliphatic heterocycles. The van der Waals surface area contributed by atoms with Crippen molar-refractivity contribution in [2.75, 3.05) is 6.61 Å². The number of hydrogen-bond acceptors (Lipinski definition) is 4. The highest BCUT2D eigenvalue weighted by molar-refractivity contribution is 5.78. The van der Waals surface area contributed by atoms with Gasteiger partial charge in [-0.05, 0) is 43.5 Å². The number of pyridine rings is 1. The van der Waals surface area contributed by atoms with Gasteiger partial charge < -0.3 is 9.84 Å². The van der Waals surface area contributed by atoms with Crippen LogP contribution in [-0.4, -0.2) is 23.0 Å². The van der Waals surface area contributed by atoms with Crippen LogP contribution in [0.2, 0.25) is 0 Å². The zero-order valence-corrected chi connectivity index (χ0v) is 11.4. The van der Waals surface area contributed by atoms with E-state index in [1.807, 2.05) is 31.2 Å². The van der Waals surface area contributed by atoms with Crippen molar-refractivity contribution in [2.45, 2.75) is 19.8 Å². The van der Waals surface area contributed by atoms with Crippen LogP contribution in [0.1, 0.15) is 28.5 Å². The fourth-order valence-electron chi connectivity index (χ4n) is 1.93. The number of benzene rings is 1. The average molecular weight is 271 g/mol. The summed E-state index contributed by atoms with van der Waals surface area (Å²) in [5.41, 5.74) is 2.25. The third-order valence-electron chi connectivity index (χ3n) is 3.00. The van der Waals surface area contributed by atoms with Crippen LogP contribution in [0.15, 0.2) is 36.5 Å². The van der Waals surface area contributed by atoms with Crippen molar-refractivity contribution >= 4 is 6.29 Å². The average Bonchev–Trinajstić information content (AvgIpc) is 2.48. The Morgan fingerprint density at radius 2 is 2.00 bits per heavy atom. The molecule has 4 nitrogen and oxygen atoms in total. The number of aldehydes is 1. The minimum atomic E-state index is -0.0789. The summed E-state index contributed by atoms with van der Waals surface area (Å²) >= 11 is 0. The predicted molar refractivity (Wildman–Crippen MR) is 76.3 cm³/mol. The molecular formula is C16H17NO3. The minimum Gasteiger partial charge on any atom is -0.506 e. The molecule has 104 valence electrons. The van der Waals surface area contributed by atoms with Gasteiger partial charge >= 0.3 is 0 Å². The number of hydrogen-bond donors (Lipinski definition) is 1. The van der Waals surface area contributed by atoms with Crippen molar-refractivity contribution < 1.29 is 14.6 Å². The van der Waals surface area contributed by atoms with E-state index in [0.717, 1.165) is 24.3 Å². The first-order valence-corrected chi connectivity index (χ1v) is 6.57. The Hall–Kier alpha value is -2.36. The van der Waals surface area contributed by atoms with Gasteiger partial charge in [-0.1, -0.05) is 12.1 Å². The van der Waals surface area contributed by atoms with Gasteiger partial charge in [0.2, 0.25) is 0 Å². The number of nitrogens with zero attached hydrogens (tertiary/aromatic N) is 1. The molecule has 0 radical (unpaired) electrons. The third-order valence-corrected chi connectivity index (χ3v) is 3.00. The monoisotopic (exact) mass is 271 g/mol. The molecule has 0 aliphatic rings. The first kappa shape index (κ1) is 14.1. The van der Waals surface area contributed by atoms with E-state index in [1.54, 1.807) is 6.07 Å². The third kappa shape index (κ3) is 3.57. The summed E-state index contributed by atoms with van der Waals surface area (Å²) in [5.74, 6) is 0.784. The Labute approximate surface area is 118 Å². The van der Waals surface area contributed by atoms with Crippen molar-refractivity contribution in [3.8, 4) is 11.5 Å². The second kappa shape index (κ2) is 6.70. The molecule has 0 saturated heterocycles. The van der Waals surface area contributed by atoms with E-state index in [2.05, 4.69) is 4.98 Å². The number of aromatic hydroxyl groups is 1. The molecule has 0 unspecified atom stereocenters. The zero-order valence-electron chi connectivity index (χ0n) is 11.4. The molecule has 0 spiro atoms. The summed E-state index contributed by atoms with van der Waals surface area (Å²) in [5, 5.41) is 9.39. The standard InChI is InChI=1S/C16H17NO3/c1-2-20-15-7-4-12(5-8-15)3-6-14-9-13(11-18)16(19)10-17-14/h4-5,7-11,19H,2-3,6H2,1H3. The van der Waals surface area contributed by atoms with Gasteiger partial charge in [0.1, 0.15) is 11.5 Å². The summed E-state index contributed by atoms with van der Waals surface area (Å²) in [4.78, 5) is 14.9. The molecule has 0 aliphatic carbocycles. The van der Waals surface area contributed by atoms with Crippen LogP contribution in [0.3, 0.4) is 0 Å². The van der Waals surface area contributed by atoms with Crippen LogP contribution < -0.4 is 4.74 Å². The molecule has 0 atom stereocenters. The topological polar surface area (TPSA) is 59.4 Å². The van der Waals surface area contributed by atoms with Crippen molar-refractivity contribution in [3.63, 3.8) is 0 Å². The lowest BCUT2D eigenvalue weighted by atomic mass is 10.1. The van der Waals surface area contributed by atoms with Crippen molar-refractivity contribution in [1.82, 2.24) is 4.98 Å². The number of aryl methyl sites for hydroxylation is 2. The summed E-state index contributed by atoms with van der Waals surface area (Å²) < 4.78 is 5.39. The predicted octanol–water partition coefficient (Wildman–Crippen LogP) is 2.78. The number of aromatic nitrogens is 1. The Kier molecular flexibility index (Phi) is 4.71. The van der Waals surface area contributed by atoms with Gasteiger partial charge in [-0.25, -0.2) is 0 Å². The van der Waals surface area contributed by atoms with Gasteiger partial charge in [0, 0.05) is 5.69 Å². The van der Waals surface area contributed by atoms with Crippen LogP contribution in [-0.2, 0) is 12.8 Å². The summed E-state index contributed by atoms with van der Waals surface area (Å²) in [6, 6.07) is 9.55. The van der Waals surface area contributed by atoms with E-state index in [0.29, 0.717) is 12.9 Å². The van der Waals surface area contributed by atoms with E-state index in [9.17, 15) is 9.90 Å². The first-order chi connectivity index (χ1) is 9.72. The van der Waals surface area contributed by atoms with E-state index in [4.69, 9.17) is 4.74 Å². The largest absolute Gasteiger partial charge is 0.506 e. The lowest BCUT2D eigenvalue weighted by Crippen LogP contribution is -1.97. The molecule has 1 aromatic carbocycles. The summed E-state index contributed by atoms with van der Waals surface area (Å²) in [7, 11) is 0. The number of rotatable bonds is 6. The highest BCUT2D eigenvalue weighted by Gasteiger charge is 2.04. The smallest absolute Gasteiger partial charge is 0.153 e. The van der Waals surface area contributed by atoms with Gasteiger partial charge in [-0.3, -0.25) is 9.78 Å². The second-order valence-corrected chi connectivity index (χ2v) is 4.43. The minimum absolute atomic E-state index is 0.0789. The van der Waals surface area contributed by atoms with Gasteiger partial charge in [0.05, 0.1) is 18.4 Å². The molecule has 2 aromatic rings. The zero-order chi connectivity index (χ0) is 14.4. The molecule has 2 rings (SSSR count). The quantitative estimate of drug-likeness (QED) is 0.821. The highest BCUT2D eigenvalue weighted by atomic mass is 16.5. The highest BCUT2D eigenvalue weighted by Crippen LogP contribution is 2.16. The summed E-state index contributed by atoms with van der Waals surface area (Å²) in [6.07, 6.45) is 3.49. The maximum absolute atomic E-state index is 10.8. The van der Waals surface area contributed by atoms with E-state index in [1.165, 1.54) is 11.8 Å². The van der Waals surface area contributed by atoms with Crippen LogP contribution in [0.25, 0.3) is 0 Å². The fraction of sp³-hybridized carbons (Fsp3) is 0.250. The van der Waals surface area contributed by atoms with Gasteiger partial charge in [-0.15, -0.1) is 0 Å². The van der Waals surface area contributed by atoms with Crippen molar-refractivity contribution in [2.24, 2.45) is 0 Å². The lowest BCUT2D eigenvalue weighted by Gasteiger charge is -2.06. The van der Waals surface area contributed by atoms with Gasteiger partial charge in [-0.2, -0.15) is 0 Å². The number of carbonyl (C=O) groups is 1. The Morgan fingerprint density at radius 1 is 1.25 bits per heavy atom. The van der Waals surface area contributed by atoms with Crippen molar-refractivity contribution in [3.05, 3.63) is 53.3 Å². The van der Waals surface area contributed by atoms with E-state index >= 15 is 0 Å². The number of ether oxygens (including phenoxy) is 1. The molecule has 4 heteroatoms. The Morgan fingerprint density at radius 3 is 2.65 bits per heavy atom. The first-order valence-electron chi connectivity index (χ1n) is 6.57. The van der Waals surface area contributed by atoms with Crippen molar-refractivity contribution in [1.29, 1.82) is 0 Å². The fourth-order valence-corrected chi connectivity index (χ4v) is 1.93. The molecule has 1 heterocycles. The normalized spacial score (nSPS) is 10.2. The Balaban J connectivity index is 1.99. The molecule has 0 bridgehead atoms. The SMILES string of the molecule is CCOc1ccc(CCc2cc(C=O)c(O)cn2)cc1. The Bertz CT molecular complexity index is 579. The second-order valence-electron chi connectivity index (χ2n) is 4.43. The lowest BCUT2D eigenvalue weighted by molar-refractivity contribution is 0.112. The molecule has 1 N–H and O–H groups in total. The molecule has 1 aromatic heterocycles. The van der Waals surface area contributed by atoms with Gasteiger partial charge in [0.25, 0.3) is 0 Å². The van der Waals surface area contributed by atoms with Crippen LogP contribution >= 0.6 is 0 Å². The van der Waals surface area contributed by atoms with Crippen LogP contribution in [0.5, 0.6) is 11.5 Å². The van der Waals surface area contributed by atoms with Gasteiger partial charge in [0.15, 0.2) is 6.29 Å². The molecule has 0 amide bonds. The molecular weight excluding hydrogens is 254 g/mol. The maximum atomic E-state index is 10.8. The summed E-state index contributed by atoms with van der Waals surface area (Å²) in [6.45, 7) is 2.61. The van der Waals surface area contributed by atoms with E-state index in [-0.39, 0.29) is 11.3 Å². The molecule has 0 fully saturated rings. The molecule has 20 heavy (non-hydrogen) atoms. The van der Waals surface area contributed by atoms with E-state index < -0.39 is 0 Å². The van der Waals surface area contributed by atoms with Crippen LogP contribution in [0, 0.1) is 0 Å². The van der Waals surface area contributed by atoms with Crippen LogP contribution in [0.4, 0.5) is 0 Å². The molecule has 0 saturated carbocycles. The number of carbonyl (C=O) groups excluding carboxylic acids is 1. The maximum Gasteiger partial charge on any atom is 0.153 e.